The molecule has 0 aliphatic heterocycles. The fourth-order valence-electron chi connectivity index (χ4n) is 2.18. The van der Waals surface area contributed by atoms with Gasteiger partial charge >= 0.3 is 7.32 Å². The van der Waals surface area contributed by atoms with Crippen LogP contribution in [0.1, 0.15) is 57.4 Å². The molecule has 19 heavy (non-hydrogen) atoms. The van der Waals surface area contributed by atoms with Crippen molar-refractivity contribution in [3.05, 3.63) is 29.8 Å². The standard InChI is InChI=1S/C15H25BO3/c1-2-3-4-5-6-7-8-10-14-11-9-12-15(13-14)19-16(17)18/h9,11-13,17-18H,2-8,10H2,1H3. The Morgan fingerprint density at radius 3 is 2.37 bits per heavy atom. The zero-order valence-corrected chi connectivity index (χ0v) is 11.8. The van der Waals surface area contributed by atoms with Gasteiger partial charge in [0, 0.05) is 0 Å². The highest BCUT2D eigenvalue weighted by molar-refractivity contribution is 6.33. The van der Waals surface area contributed by atoms with E-state index in [1.165, 1.54) is 50.5 Å². The van der Waals surface area contributed by atoms with Crippen molar-refractivity contribution in [3.63, 3.8) is 0 Å². The van der Waals surface area contributed by atoms with Gasteiger partial charge in [-0.15, -0.1) is 0 Å². The number of hydrogen-bond donors (Lipinski definition) is 2. The average molecular weight is 264 g/mol. The summed E-state index contributed by atoms with van der Waals surface area (Å²) in [5.74, 6) is 0.510. The third-order valence-corrected chi connectivity index (χ3v) is 3.21. The monoisotopic (exact) mass is 264 g/mol. The zero-order valence-electron chi connectivity index (χ0n) is 11.8. The van der Waals surface area contributed by atoms with E-state index in [4.69, 9.17) is 14.7 Å². The van der Waals surface area contributed by atoms with Crippen LogP contribution in [0.3, 0.4) is 0 Å². The third-order valence-electron chi connectivity index (χ3n) is 3.21. The highest BCUT2D eigenvalue weighted by Gasteiger charge is 2.10. The summed E-state index contributed by atoms with van der Waals surface area (Å²) in [6, 6.07) is 7.53. The number of benzene rings is 1. The summed E-state index contributed by atoms with van der Waals surface area (Å²) < 4.78 is 4.84. The van der Waals surface area contributed by atoms with E-state index in [-0.39, 0.29) is 0 Å². The van der Waals surface area contributed by atoms with E-state index in [0.717, 1.165) is 6.42 Å². The highest BCUT2D eigenvalue weighted by atomic mass is 16.6. The van der Waals surface area contributed by atoms with Crippen LogP contribution in [0.5, 0.6) is 5.75 Å². The van der Waals surface area contributed by atoms with Crippen LogP contribution in [0.25, 0.3) is 0 Å². The predicted octanol–water partition coefficient (Wildman–Crippen LogP) is 3.33. The minimum Gasteiger partial charge on any atom is -0.512 e. The van der Waals surface area contributed by atoms with Gasteiger partial charge in [0.2, 0.25) is 0 Å². The topological polar surface area (TPSA) is 49.7 Å². The Kier molecular flexibility index (Phi) is 8.35. The molecule has 1 aromatic rings. The Morgan fingerprint density at radius 2 is 1.68 bits per heavy atom. The molecule has 0 bridgehead atoms. The van der Waals surface area contributed by atoms with Gasteiger partial charge in [0.25, 0.3) is 0 Å². The van der Waals surface area contributed by atoms with E-state index >= 15 is 0 Å². The molecular formula is C15H25BO3. The molecule has 0 unspecified atom stereocenters. The molecule has 0 fully saturated rings. The molecule has 2 N–H and O–H groups in total. The third kappa shape index (κ3) is 7.91. The first-order valence-corrected chi connectivity index (χ1v) is 7.34. The van der Waals surface area contributed by atoms with Crippen molar-refractivity contribution in [3.8, 4) is 5.75 Å². The molecule has 4 heteroatoms. The Balaban J connectivity index is 2.18. The first-order chi connectivity index (χ1) is 9.22. The molecule has 0 aliphatic carbocycles. The summed E-state index contributed by atoms with van der Waals surface area (Å²) in [5.41, 5.74) is 1.19. The molecule has 0 aliphatic rings. The van der Waals surface area contributed by atoms with Crippen LogP contribution in [0.2, 0.25) is 0 Å². The number of rotatable bonds is 10. The zero-order chi connectivity index (χ0) is 13.9. The maximum absolute atomic E-state index is 8.75. The summed E-state index contributed by atoms with van der Waals surface area (Å²) in [4.78, 5) is 0. The molecule has 3 nitrogen and oxygen atoms in total. The van der Waals surface area contributed by atoms with Crippen molar-refractivity contribution in [2.45, 2.75) is 58.3 Å². The molecule has 0 heterocycles. The normalized spacial score (nSPS) is 10.5. The minimum absolute atomic E-state index is 0.510. The molecule has 0 spiro atoms. The molecule has 0 saturated heterocycles. The van der Waals surface area contributed by atoms with Crippen molar-refractivity contribution in [1.82, 2.24) is 0 Å². The lowest BCUT2D eigenvalue weighted by molar-refractivity contribution is 0.288. The van der Waals surface area contributed by atoms with Crippen molar-refractivity contribution < 1.29 is 14.7 Å². The lowest BCUT2D eigenvalue weighted by Gasteiger charge is -2.07. The highest BCUT2D eigenvalue weighted by Crippen LogP contribution is 2.16. The lowest BCUT2D eigenvalue weighted by atomic mass is 10.0. The largest absolute Gasteiger partial charge is 0.707 e. The van der Waals surface area contributed by atoms with Gasteiger partial charge in [-0.3, -0.25) is 0 Å². The van der Waals surface area contributed by atoms with Crippen LogP contribution in [0, 0.1) is 0 Å². The summed E-state index contributed by atoms with van der Waals surface area (Å²) in [6.07, 6.45) is 10.1. The van der Waals surface area contributed by atoms with Crippen LogP contribution in [-0.2, 0) is 6.42 Å². The summed E-state index contributed by atoms with van der Waals surface area (Å²) in [7, 11) is -1.74. The maximum Gasteiger partial charge on any atom is 0.707 e. The Morgan fingerprint density at radius 1 is 1.00 bits per heavy atom. The van der Waals surface area contributed by atoms with Gasteiger partial charge in [-0.1, -0.05) is 57.6 Å². The fraction of sp³-hybridized carbons (Fsp3) is 0.600. The van der Waals surface area contributed by atoms with Crippen molar-refractivity contribution in [1.29, 1.82) is 0 Å². The molecule has 0 atom stereocenters. The first-order valence-electron chi connectivity index (χ1n) is 7.34. The summed E-state index contributed by atoms with van der Waals surface area (Å²) in [6.45, 7) is 2.23. The molecule has 0 saturated carbocycles. The van der Waals surface area contributed by atoms with Gasteiger partial charge in [0.05, 0.1) is 0 Å². The Hall–Kier alpha value is -0.995. The quantitative estimate of drug-likeness (QED) is 0.503. The molecule has 1 rings (SSSR count). The number of aryl methyl sites for hydroxylation is 1. The molecule has 1 aromatic carbocycles. The molecule has 0 aromatic heterocycles. The molecule has 106 valence electrons. The van der Waals surface area contributed by atoms with Gasteiger partial charge in [0.15, 0.2) is 0 Å². The summed E-state index contributed by atoms with van der Waals surface area (Å²) in [5, 5.41) is 17.5. The second kappa shape index (κ2) is 9.87. The van der Waals surface area contributed by atoms with Crippen molar-refractivity contribution >= 4 is 7.32 Å². The smallest absolute Gasteiger partial charge is 0.512 e. The van der Waals surface area contributed by atoms with E-state index in [1.54, 1.807) is 6.07 Å². The first kappa shape index (κ1) is 16.1. The van der Waals surface area contributed by atoms with Gasteiger partial charge < -0.3 is 14.7 Å². The molecule has 0 amide bonds. The Bertz CT molecular complexity index is 342. The Labute approximate surface area is 116 Å². The minimum atomic E-state index is -1.74. The molecule has 0 radical (unpaired) electrons. The van der Waals surface area contributed by atoms with Crippen LogP contribution < -0.4 is 4.65 Å². The van der Waals surface area contributed by atoms with Gasteiger partial charge in [0.1, 0.15) is 5.75 Å². The number of unbranched alkanes of at least 4 members (excludes halogenated alkanes) is 6. The number of hydrogen-bond acceptors (Lipinski definition) is 3. The van der Waals surface area contributed by atoms with E-state index in [1.807, 2.05) is 18.2 Å². The fourth-order valence-corrected chi connectivity index (χ4v) is 2.18. The second-order valence-electron chi connectivity index (χ2n) is 4.96. The van der Waals surface area contributed by atoms with Crippen LogP contribution in [0.4, 0.5) is 0 Å². The summed E-state index contributed by atoms with van der Waals surface area (Å²) >= 11 is 0. The lowest BCUT2D eigenvalue weighted by Crippen LogP contribution is -2.20. The average Bonchev–Trinajstić information content (AvgIpc) is 2.37. The SMILES string of the molecule is CCCCCCCCCc1cccc(OB(O)O)c1. The van der Waals surface area contributed by atoms with E-state index < -0.39 is 7.32 Å². The van der Waals surface area contributed by atoms with E-state index in [0.29, 0.717) is 5.75 Å². The van der Waals surface area contributed by atoms with Gasteiger partial charge in [-0.25, -0.2) is 0 Å². The van der Waals surface area contributed by atoms with Gasteiger partial charge in [-0.2, -0.15) is 0 Å². The van der Waals surface area contributed by atoms with Gasteiger partial charge in [-0.05, 0) is 30.5 Å². The van der Waals surface area contributed by atoms with Crippen LogP contribution in [0.15, 0.2) is 24.3 Å². The van der Waals surface area contributed by atoms with Crippen molar-refractivity contribution in [2.75, 3.05) is 0 Å². The van der Waals surface area contributed by atoms with Crippen LogP contribution in [-0.4, -0.2) is 17.4 Å². The predicted molar refractivity (Wildman–Crippen MR) is 79.0 cm³/mol. The second-order valence-corrected chi connectivity index (χ2v) is 4.96. The molecular weight excluding hydrogens is 239 g/mol. The van der Waals surface area contributed by atoms with Crippen LogP contribution >= 0.6 is 0 Å². The van der Waals surface area contributed by atoms with E-state index in [2.05, 4.69) is 6.92 Å². The maximum atomic E-state index is 8.75. The van der Waals surface area contributed by atoms with Crippen molar-refractivity contribution in [2.24, 2.45) is 0 Å². The van der Waals surface area contributed by atoms with E-state index in [9.17, 15) is 0 Å².